The van der Waals surface area contributed by atoms with Crippen LogP contribution >= 0.6 is 0 Å². The molecule has 0 saturated carbocycles. The molecule has 118 valence electrons. The van der Waals surface area contributed by atoms with Crippen LogP contribution in [0.25, 0.3) is 11.0 Å². The van der Waals surface area contributed by atoms with Crippen molar-refractivity contribution in [3.8, 4) is 5.75 Å². The van der Waals surface area contributed by atoms with Crippen LogP contribution in [0.2, 0.25) is 0 Å². The standard InChI is InChI=1S/C16H19NO5/c1-4-9(2)13(16(19)20)17-15(18)11-7-10-5-6-22-14(10)12(8-11)21-3/h5-9,13H,4H2,1-3H3,(H,17,18)(H,19,20)/t9-,13-/m0/s1. The Morgan fingerprint density at radius 3 is 2.73 bits per heavy atom. The van der Waals surface area contributed by atoms with E-state index in [1.807, 2.05) is 6.92 Å². The molecular formula is C16H19NO5. The van der Waals surface area contributed by atoms with Gasteiger partial charge in [-0.25, -0.2) is 4.79 Å². The average Bonchev–Trinajstić information content (AvgIpc) is 2.98. The zero-order valence-corrected chi connectivity index (χ0v) is 12.8. The van der Waals surface area contributed by atoms with Crippen LogP contribution in [0.1, 0.15) is 30.6 Å². The molecule has 1 amide bonds. The second kappa shape index (κ2) is 6.51. The molecule has 0 fully saturated rings. The van der Waals surface area contributed by atoms with Gasteiger partial charge in [0.05, 0.1) is 13.4 Å². The number of aliphatic carboxylic acids is 1. The van der Waals surface area contributed by atoms with Crippen molar-refractivity contribution < 1.29 is 23.8 Å². The third kappa shape index (κ3) is 3.05. The number of nitrogens with one attached hydrogen (secondary N) is 1. The highest BCUT2D eigenvalue weighted by atomic mass is 16.5. The normalized spacial score (nSPS) is 13.6. The van der Waals surface area contributed by atoms with E-state index in [-0.39, 0.29) is 5.92 Å². The number of carboxylic acid groups (broad SMARTS) is 1. The summed E-state index contributed by atoms with van der Waals surface area (Å²) < 4.78 is 10.5. The lowest BCUT2D eigenvalue weighted by Gasteiger charge is -2.20. The van der Waals surface area contributed by atoms with Crippen molar-refractivity contribution in [3.63, 3.8) is 0 Å². The van der Waals surface area contributed by atoms with E-state index in [1.165, 1.54) is 19.4 Å². The van der Waals surface area contributed by atoms with Crippen molar-refractivity contribution in [2.45, 2.75) is 26.3 Å². The van der Waals surface area contributed by atoms with Gasteiger partial charge in [-0.05, 0) is 24.1 Å². The maximum atomic E-state index is 12.4. The molecular weight excluding hydrogens is 286 g/mol. The largest absolute Gasteiger partial charge is 0.493 e. The Labute approximate surface area is 128 Å². The molecule has 0 bridgehead atoms. The van der Waals surface area contributed by atoms with Gasteiger partial charge in [-0.3, -0.25) is 4.79 Å². The molecule has 2 rings (SSSR count). The topological polar surface area (TPSA) is 88.8 Å². The minimum absolute atomic E-state index is 0.166. The monoisotopic (exact) mass is 305 g/mol. The Balaban J connectivity index is 2.30. The van der Waals surface area contributed by atoms with Gasteiger partial charge in [0.15, 0.2) is 11.3 Å². The number of rotatable bonds is 6. The highest BCUT2D eigenvalue weighted by Crippen LogP contribution is 2.28. The van der Waals surface area contributed by atoms with Gasteiger partial charge in [0.25, 0.3) is 5.91 Å². The molecule has 22 heavy (non-hydrogen) atoms. The van der Waals surface area contributed by atoms with E-state index >= 15 is 0 Å². The predicted octanol–water partition coefficient (Wildman–Crippen LogP) is 2.67. The first kappa shape index (κ1) is 15.9. The minimum Gasteiger partial charge on any atom is -0.493 e. The van der Waals surface area contributed by atoms with Crippen molar-refractivity contribution in [2.75, 3.05) is 7.11 Å². The van der Waals surface area contributed by atoms with Crippen LogP contribution in [0, 0.1) is 5.92 Å². The maximum Gasteiger partial charge on any atom is 0.326 e. The first-order valence-electron chi connectivity index (χ1n) is 7.06. The summed E-state index contributed by atoms with van der Waals surface area (Å²) in [7, 11) is 1.48. The summed E-state index contributed by atoms with van der Waals surface area (Å²) >= 11 is 0. The van der Waals surface area contributed by atoms with Crippen molar-refractivity contribution in [1.29, 1.82) is 0 Å². The van der Waals surface area contributed by atoms with Crippen LogP contribution in [0.4, 0.5) is 0 Å². The van der Waals surface area contributed by atoms with Crippen molar-refractivity contribution in [1.82, 2.24) is 5.32 Å². The van der Waals surface area contributed by atoms with E-state index < -0.39 is 17.9 Å². The SMILES string of the molecule is CC[C@H](C)[C@H](NC(=O)c1cc(OC)c2occc2c1)C(=O)O. The number of fused-ring (bicyclic) bond motifs is 1. The second-order valence-corrected chi connectivity index (χ2v) is 5.19. The number of carbonyl (C=O) groups excluding carboxylic acids is 1. The lowest BCUT2D eigenvalue weighted by molar-refractivity contribution is -0.140. The van der Waals surface area contributed by atoms with Gasteiger partial charge in [0.1, 0.15) is 6.04 Å². The van der Waals surface area contributed by atoms with Crippen LogP contribution in [-0.4, -0.2) is 30.1 Å². The number of ether oxygens (including phenoxy) is 1. The molecule has 0 aliphatic heterocycles. The van der Waals surface area contributed by atoms with E-state index in [4.69, 9.17) is 9.15 Å². The molecule has 2 N–H and O–H groups in total. The van der Waals surface area contributed by atoms with Gasteiger partial charge >= 0.3 is 5.97 Å². The van der Waals surface area contributed by atoms with Crippen molar-refractivity contribution in [2.24, 2.45) is 5.92 Å². The molecule has 6 heteroatoms. The fraction of sp³-hybridized carbons (Fsp3) is 0.375. The number of methoxy groups -OCH3 is 1. The van der Waals surface area contributed by atoms with Crippen molar-refractivity contribution in [3.05, 3.63) is 30.0 Å². The zero-order chi connectivity index (χ0) is 16.3. The van der Waals surface area contributed by atoms with Gasteiger partial charge in [0, 0.05) is 10.9 Å². The molecule has 0 spiro atoms. The lowest BCUT2D eigenvalue weighted by atomic mass is 9.99. The van der Waals surface area contributed by atoms with Gasteiger partial charge in [-0.1, -0.05) is 20.3 Å². The molecule has 0 aliphatic rings. The number of carbonyl (C=O) groups is 2. The van der Waals surface area contributed by atoms with Crippen LogP contribution < -0.4 is 10.1 Å². The van der Waals surface area contributed by atoms with Gasteiger partial charge in [0.2, 0.25) is 0 Å². The maximum absolute atomic E-state index is 12.4. The Bertz CT molecular complexity index is 691. The molecule has 0 aliphatic carbocycles. The summed E-state index contributed by atoms with van der Waals surface area (Å²) in [6.07, 6.45) is 2.16. The van der Waals surface area contributed by atoms with E-state index in [9.17, 15) is 14.7 Å². The molecule has 0 saturated heterocycles. The molecule has 1 heterocycles. The smallest absolute Gasteiger partial charge is 0.326 e. The quantitative estimate of drug-likeness (QED) is 0.856. The van der Waals surface area contributed by atoms with E-state index in [0.717, 1.165) is 5.39 Å². The Morgan fingerprint density at radius 1 is 1.41 bits per heavy atom. The Kier molecular flexibility index (Phi) is 4.70. The van der Waals surface area contributed by atoms with Gasteiger partial charge in [-0.2, -0.15) is 0 Å². The third-order valence-corrected chi connectivity index (χ3v) is 3.76. The fourth-order valence-electron chi connectivity index (χ4n) is 2.24. The van der Waals surface area contributed by atoms with Crippen LogP contribution in [0.5, 0.6) is 5.75 Å². The summed E-state index contributed by atoms with van der Waals surface area (Å²) in [5.74, 6) is -1.22. The Hall–Kier alpha value is -2.50. The van der Waals surface area contributed by atoms with E-state index in [0.29, 0.717) is 23.3 Å². The molecule has 1 aromatic heterocycles. The second-order valence-electron chi connectivity index (χ2n) is 5.19. The molecule has 1 aromatic carbocycles. The van der Waals surface area contributed by atoms with E-state index in [2.05, 4.69) is 5.32 Å². The highest BCUT2D eigenvalue weighted by Gasteiger charge is 2.26. The van der Waals surface area contributed by atoms with Crippen LogP contribution in [0.15, 0.2) is 28.9 Å². The van der Waals surface area contributed by atoms with E-state index in [1.54, 1.807) is 19.1 Å². The lowest BCUT2D eigenvalue weighted by Crippen LogP contribution is -2.45. The average molecular weight is 305 g/mol. The highest BCUT2D eigenvalue weighted by molar-refractivity contribution is 6.01. The number of amides is 1. The van der Waals surface area contributed by atoms with Crippen LogP contribution in [-0.2, 0) is 4.79 Å². The number of hydrogen-bond donors (Lipinski definition) is 2. The van der Waals surface area contributed by atoms with Crippen molar-refractivity contribution >= 4 is 22.8 Å². The summed E-state index contributed by atoms with van der Waals surface area (Å²) in [5.41, 5.74) is 0.885. The Morgan fingerprint density at radius 2 is 2.14 bits per heavy atom. The summed E-state index contributed by atoms with van der Waals surface area (Å²) in [4.78, 5) is 23.7. The summed E-state index contributed by atoms with van der Waals surface area (Å²) in [6, 6.07) is 3.98. The first-order chi connectivity index (χ1) is 10.5. The third-order valence-electron chi connectivity index (χ3n) is 3.76. The zero-order valence-electron chi connectivity index (χ0n) is 12.8. The van der Waals surface area contributed by atoms with Gasteiger partial charge in [-0.15, -0.1) is 0 Å². The fourth-order valence-corrected chi connectivity index (χ4v) is 2.24. The van der Waals surface area contributed by atoms with Crippen LogP contribution in [0.3, 0.4) is 0 Å². The number of benzene rings is 1. The minimum atomic E-state index is -1.04. The molecule has 2 aromatic rings. The summed E-state index contributed by atoms with van der Waals surface area (Å²) in [5, 5.41) is 12.5. The number of carboxylic acids is 1. The molecule has 0 radical (unpaired) electrons. The number of furan rings is 1. The predicted molar refractivity (Wildman–Crippen MR) is 81.1 cm³/mol. The number of hydrogen-bond acceptors (Lipinski definition) is 4. The molecule has 2 atom stereocenters. The summed E-state index contributed by atoms with van der Waals surface area (Å²) in [6.45, 7) is 3.67. The van der Waals surface area contributed by atoms with Gasteiger partial charge < -0.3 is 19.6 Å². The molecule has 0 unspecified atom stereocenters. The molecule has 6 nitrogen and oxygen atoms in total. The first-order valence-corrected chi connectivity index (χ1v) is 7.06.